The first-order valence-electron chi connectivity index (χ1n) is 10.6. The molecule has 5 nitrogen and oxygen atoms in total. The summed E-state index contributed by atoms with van der Waals surface area (Å²) in [4.78, 5) is 26.0. The molecule has 1 aliphatic heterocycles. The Hall–Kier alpha value is -3.67. The van der Waals surface area contributed by atoms with Crippen molar-refractivity contribution in [1.82, 2.24) is 4.90 Å². The summed E-state index contributed by atoms with van der Waals surface area (Å²) in [7, 11) is 0. The summed E-state index contributed by atoms with van der Waals surface area (Å²) in [5, 5.41) is 9.67. The number of rotatable bonds is 4. The fourth-order valence-electron chi connectivity index (χ4n) is 4.95. The molecule has 0 spiro atoms. The topological polar surface area (TPSA) is 66.8 Å². The molecule has 1 heterocycles. The quantitative estimate of drug-likeness (QED) is 0.630. The zero-order chi connectivity index (χ0) is 22.2. The van der Waals surface area contributed by atoms with Gasteiger partial charge >= 0.3 is 12.1 Å². The Bertz CT molecular complexity index is 1150. The molecule has 2 atom stereocenters. The van der Waals surface area contributed by atoms with Crippen LogP contribution in [-0.2, 0) is 9.53 Å². The lowest BCUT2D eigenvalue weighted by Gasteiger charge is -2.22. The van der Waals surface area contributed by atoms with Gasteiger partial charge in [-0.1, -0.05) is 60.7 Å². The molecule has 0 bridgehead atoms. The van der Waals surface area contributed by atoms with Crippen LogP contribution in [0.3, 0.4) is 0 Å². The van der Waals surface area contributed by atoms with Crippen LogP contribution < -0.4 is 0 Å². The number of carboxylic acid groups (broad SMARTS) is 1. The zero-order valence-electron chi connectivity index (χ0n) is 17.3. The second-order valence-corrected chi connectivity index (χ2v) is 8.30. The van der Waals surface area contributed by atoms with Gasteiger partial charge in [0.25, 0.3) is 0 Å². The SMILES string of the molecule is O=C(O)[C@@H]1C[C@H](c2cccc(F)c2)CN1C(=O)OCC1c2ccccc2-c2ccccc21. The van der Waals surface area contributed by atoms with E-state index in [0.29, 0.717) is 5.56 Å². The van der Waals surface area contributed by atoms with Crippen LogP contribution >= 0.6 is 0 Å². The number of nitrogens with zero attached hydrogens (tertiary/aromatic N) is 1. The minimum Gasteiger partial charge on any atom is -0.480 e. The summed E-state index contributed by atoms with van der Waals surface area (Å²) in [5.41, 5.74) is 5.12. The molecule has 6 heteroatoms. The molecule has 0 aromatic heterocycles. The third-order valence-corrected chi connectivity index (χ3v) is 6.48. The van der Waals surface area contributed by atoms with E-state index < -0.39 is 18.1 Å². The fourth-order valence-corrected chi connectivity index (χ4v) is 4.95. The van der Waals surface area contributed by atoms with Gasteiger partial charge in [0.1, 0.15) is 18.5 Å². The lowest BCUT2D eigenvalue weighted by molar-refractivity contribution is -0.141. The molecule has 0 unspecified atom stereocenters. The minimum atomic E-state index is -1.09. The highest BCUT2D eigenvalue weighted by atomic mass is 19.1. The van der Waals surface area contributed by atoms with E-state index in [-0.39, 0.29) is 37.2 Å². The number of aliphatic carboxylic acids is 1. The molecule has 32 heavy (non-hydrogen) atoms. The van der Waals surface area contributed by atoms with Crippen LogP contribution in [0.15, 0.2) is 72.8 Å². The lowest BCUT2D eigenvalue weighted by Crippen LogP contribution is -2.41. The molecule has 3 aromatic rings. The second-order valence-electron chi connectivity index (χ2n) is 8.30. The number of carbonyl (C=O) groups excluding carboxylic acids is 1. The summed E-state index contributed by atoms with van der Waals surface area (Å²) in [6.07, 6.45) is -0.429. The largest absolute Gasteiger partial charge is 0.480 e. The average molecular weight is 431 g/mol. The van der Waals surface area contributed by atoms with Gasteiger partial charge in [-0.05, 0) is 46.4 Å². The van der Waals surface area contributed by atoms with Crippen LogP contribution in [0.25, 0.3) is 11.1 Å². The highest BCUT2D eigenvalue weighted by Gasteiger charge is 2.41. The van der Waals surface area contributed by atoms with Gasteiger partial charge in [-0.25, -0.2) is 14.0 Å². The van der Waals surface area contributed by atoms with E-state index in [2.05, 4.69) is 12.1 Å². The molecule has 0 radical (unpaired) electrons. The summed E-state index contributed by atoms with van der Waals surface area (Å²) in [6, 6.07) is 21.2. The van der Waals surface area contributed by atoms with Crippen molar-refractivity contribution < 1.29 is 23.8 Å². The summed E-state index contributed by atoms with van der Waals surface area (Å²) in [5.74, 6) is -1.82. The number of likely N-dealkylation sites (tertiary alicyclic amines) is 1. The highest BCUT2D eigenvalue weighted by Crippen LogP contribution is 2.44. The number of hydrogen-bond acceptors (Lipinski definition) is 3. The Balaban J connectivity index is 1.34. The Morgan fingerprint density at radius 3 is 2.25 bits per heavy atom. The first-order chi connectivity index (χ1) is 15.5. The second kappa shape index (κ2) is 8.11. The molecule has 1 amide bonds. The van der Waals surface area contributed by atoms with Crippen molar-refractivity contribution >= 4 is 12.1 Å². The van der Waals surface area contributed by atoms with Gasteiger partial charge < -0.3 is 9.84 Å². The van der Waals surface area contributed by atoms with Crippen molar-refractivity contribution in [1.29, 1.82) is 0 Å². The third kappa shape index (κ3) is 3.51. The Morgan fingerprint density at radius 2 is 1.62 bits per heavy atom. The summed E-state index contributed by atoms with van der Waals surface area (Å²) in [6.45, 7) is 0.303. The van der Waals surface area contributed by atoms with Gasteiger partial charge in [0.2, 0.25) is 0 Å². The lowest BCUT2D eigenvalue weighted by atomic mass is 9.96. The molecule has 162 valence electrons. The van der Waals surface area contributed by atoms with Crippen molar-refractivity contribution in [3.05, 3.63) is 95.3 Å². The molecular weight excluding hydrogens is 409 g/mol. The van der Waals surface area contributed by atoms with Gasteiger partial charge in [-0.15, -0.1) is 0 Å². The molecule has 2 aliphatic rings. The van der Waals surface area contributed by atoms with E-state index in [4.69, 9.17) is 4.74 Å². The monoisotopic (exact) mass is 431 g/mol. The third-order valence-electron chi connectivity index (χ3n) is 6.48. The van der Waals surface area contributed by atoms with Gasteiger partial charge in [-0.2, -0.15) is 0 Å². The van der Waals surface area contributed by atoms with Gasteiger partial charge in [0.05, 0.1) is 0 Å². The maximum Gasteiger partial charge on any atom is 0.410 e. The molecule has 0 saturated carbocycles. The predicted molar refractivity (Wildman–Crippen MR) is 117 cm³/mol. The normalized spacial score (nSPS) is 19.5. The fraction of sp³-hybridized carbons (Fsp3) is 0.231. The van der Waals surface area contributed by atoms with Crippen LogP contribution in [-0.4, -0.2) is 41.3 Å². The van der Waals surface area contributed by atoms with E-state index in [0.717, 1.165) is 22.3 Å². The number of ether oxygens (including phenoxy) is 1. The van der Waals surface area contributed by atoms with Crippen LogP contribution in [0.4, 0.5) is 9.18 Å². The van der Waals surface area contributed by atoms with E-state index in [1.807, 2.05) is 36.4 Å². The summed E-state index contributed by atoms with van der Waals surface area (Å²) < 4.78 is 19.3. The van der Waals surface area contributed by atoms with Crippen LogP contribution in [0.5, 0.6) is 0 Å². The molecule has 1 aliphatic carbocycles. The zero-order valence-corrected chi connectivity index (χ0v) is 17.3. The molecule has 1 N–H and O–H groups in total. The number of benzene rings is 3. The molecular formula is C26H22FNO4. The van der Waals surface area contributed by atoms with E-state index in [1.54, 1.807) is 12.1 Å². The first-order valence-corrected chi connectivity index (χ1v) is 10.6. The number of carboxylic acids is 1. The van der Waals surface area contributed by atoms with Gasteiger partial charge in [-0.3, -0.25) is 4.90 Å². The molecule has 1 fully saturated rings. The van der Waals surface area contributed by atoms with Crippen molar-refractivity contribution in [2.24, 2.45) is 0 Å². The van der Waals surface area contributed by atoms with Crippen LogP contribution in [0.2, 0.25) is 0 Å². The molecule has 1 saturated heterocycles. The standard InChI is InChI=1S/C26H22FNO4/c27-18-7-5-6-16(12-18)17-13-24(25(29)30)28(14-17)26(31)32-15-23-21-10-3-1-8-19(21)20-9-2-4-11-22(20)23/h1-12,17,23-24H,13-15H2,(H,29,30)/t17-,24-/m0/s1. The molecule has 3 aromatic carbocycles. The van der Waals surface area contributed by atoms with E-state index in [1.165, 1.54) is 17.0 Å². The van der Waals surface area contributed by atoms with Gasteiger partial charge in [0.15, 0.2) is 0 Å². The minimum absolute atomic E-state index is 0.101. The number of fused-ring (bicyclic) bond motifs is 3. The van der Waals surface area contributed by atoms with Crippen molar-refractivity contribution in [2.45, 2.75) is 24.3 Å². The van der Waals surface area contributed by atoms with Gasteiger partial charge in [0, 0.05) is 18.4 Å². The maximum atomic E-state index is 13.6. The number of carbonyl (C=O) groups is 2. The Kier molecular flexibility index (Phi) is 5.13. The first kappa shape index (κ1) is 20.2. The molecule has 5 rings (SSSR count). The van der Waals surface area contributed by atoms with Crippen molar-refractivity contribution in [2.75, 3.05) is 13.2 Å². The smallest absolute Gasteiger partial charge is 0.410 e. The van der Waals surface area contributed by atoms with Crippen LogP contribution in [0, 0.1) is 5.82 Å². The summed E-state index contributed by atoms with van der Waals surface area (Å²) >= 11 is 0. The van der Waals surface area contributed by atoms with Crippen molar-refractivity contribution in [3.63, 3.8) is 0 Å². The van der Waals surface area contributed by atoms with E-state index in [9.17, 15) is 19.1 Å². The highest BCUT2D eigenvalue weighted by molar-refractivity contribution is 5.82. The van der Waals surface area contributed by atoms with Crippen molar-refractivity contribution in [3.8, 4) is 11.1 Å². The van der Waals surface area contributed by atoms with Crippen LogP contribution in [0.1, 0.15) is 34.9 Å². The predicted octanol–water partition coefficient (Wildman–Crippen LogP) is 5.02. The Morgan fingerprint density at radius 1 is 0.969 bits per heavy atom. The number of halogens is 1. The number of hydrogen-bond donors (Lipinski definition) is 1. The average Bonchev–Trinajstić information content (AvgIpc) is 3.38. The number of amides is 1. The van der Waals surface area contributed by atoms with E-state index >= 15 is 0 Å². The maximum absolute atomic E-state index is 13.6. The Labute approximate surface area is 185 Å².